The maximum absolute atomic E-state index is 12.6. The molecule has 0 fully saturated rings. The van der Waals surface area contributed by atoms with Gasteiger partial charge in [0.05, 0.1) is 22.7 Å². The summed E-state index contributed by atoms with van der Waals surface area (Å²) in [7, 11) is 0. The van der Waals surface area contributed by atoms with E-state index in [4.69, 9.17) is 11.6 Å². The second-order valence-corrected chi connectivity index (χ2v) is 5.54. The van der Waals surface area contributed by atoms with Crippen molar-refractivity contribution in [3.63, 3.8) is 0 Å². The van der Waals surface area contributed by atoms with Crippen LogP contribution in [0, 0.1) is 0 Å². The van der Waals surface area contributed by atoms with E-state index in [1.807, 2.05) is 0 Å². The van der Waals surface area contributed by atoms with Gasteiger partial charge in [-0.05, 0) is 29.8 Å². The third-order valence-electron chi connectivity index (χ3n) is 3.27. The molecule has 0 radical (unpaired) electrons. The van der Waals surface area contributed by atoms with Crippen molar-refractivity contribution in [3.8, 4) is 0 Å². The minimum atomic E-state index is -4.44. The lowest BCUT2D eigenvalue weighted by molar-refractivity contribution is -0.137. The van der Waals surface area contributed by atoms with E-state index in [-0.39, 0.29) is 23.7 Å². The lowest BCUT2D eigenvalue weighted by Gasteiger charge is -2.10. The van der Waals surface area contributed by atoms with Gasteiger partial charge >= 0.3 is 6.18 Å². The molecule has 0 aliphatic carbocycles. The summed E-state index contributed by atoms with van der Waals surface area (Å²) in [6.45, 7) is -0.395. The minimum Gasteiger partial charge on any atom is -0.350 e. The molecule has 2 amide bonds. The Morgan fingerprint density at radius 3 is 2.40 bits per heavy atom. The molecule has 0 aromatic heterocycles. The molecular weight excluding hydrogens is 357 g/mol. The molecule has 0 unspecified atom stereocenters. The Bertz CT molecular complexity index is 778. The van der Waals surface area contributed by atoms with E-state index in [0.717, 1.165) is 12.1 Å². The highest BCUT2D eigenvalue weighted by Crippen LogP contribution is 2.29. The molecule has 25 heavy (non-hydrogen) atoms. The van der Waals surface area contributed by atoms with Gasteiger partial charge in [0, 0.05) is 6.54 Å². The number of halogens is 4. The lowest BCUT2D eigenvalue weighted by atomic mass is 10.1. The van der Waals surface area contributed by atoms with Crippen LogP contribution in [-0.2, 0) is 17.5 Å². The maximum Gasteiger partial charge on any atom is 0.416 e. The number of amides is 2. The van der Waals surface area contributed by atoms with Gasteiger partial charge in [-0.25, -0.2) is 0 Å². The highest BCUT2D eigenvalue weighted by atomic mass is 35.5. The van der Waals surface area contributed by atoms with Crippen molar-refractivity contribution in [2.75, 3.05) is 6.54 Å². The quantitative estimate of drug-likeness (QED) is 0.847. The summed E-state index contributed by atoms with van der Waals surface area (Å²) in [6.07, 6.45) is -4.44. The van der Waals surface area contributed by atoms with Crippen LogP contribution < -0.4 is 10.6 Å². The van der Waals surface area contributed by atoms with E-state index >= 15 is 0 Å². The van der Waals surface area contributed by atoms with Crippen molar-refractivity contribution in [1.82, 2.24) is 10.6 Å². The lowest BCUT2D eigenvalue weighted by Crippen LogP contribution is -2.36. The number of carbonyl (C=O) groups excluding carboxylic acids is 2. The number of carbonyl (C=O) groups is 2. The first kappa shape index (κ1) is 18.8. The van der Waals surface area contributed by atoms with E-state index in [1.54, 1.807) is 18.2 Å². The number of rotatable bonds is 5. The fourth-order valence-corrected chi connectivity index (χ4v) is 2.24. The normalized spacial score (nSPS) is 11.0. The number of benzene rings is 2. The van der Waals surface area contributed by atoms with Crippen LogP contribution in [0.2, 0.25) is 5.02 Å². The van der Waals surface area contributed by atoms with E-state index < -0.39 is 23.6 Å². The summed E-state index contributed by atoms with van der Waals surface area (Å²) in [5, 5.41) is 5.10. The Kier molecular flexibility index (Phi) is 6.03. The zero-order valence-electron chi connectivity index (χ0n) is 12.9. The van der Waals surface area contributed by atoms with Gasteiger partial charge in [-0.15, -0.1) is 0 Å². The molecule has 4 nitrogen and oxygen atoms in total. The molecule has 0 aliphatic heterocycles. The fourth-order valence-electron chi connectivity index (χ4n) is 2.02. The predicted octanol–water partition coefficient (Wildman–Crippen LogP) is 3.41. The fraction of sp³-hybridized carbons (Fsp3) is 0.176. The summed E-state index contributed by atoms with van der Waals surface area (Å²) >= 11 is 5.87. The van der Waals surface area contributed by atoms with E-state index in [2.05, 4.69) is 10.6 Å². The van der Waals surface area contributed by atoms with Crippen LogP contribution in [0.5, 0.6) is 0 Å². The number of nitrogens with one attached hydrogen (secondary N) is 2. The van der Waals surface area contributed by atoms with Gasteiger partial charge < -0.3 is 10.6 Å². The van der Waals surface area contributed by atoms with Crippen molar-refractivity contribution in [2.45, 2.75) is 12.7 Å². The first-order valence-electron chi connectivity index (χ1n) is 7.23. The van der Waals surface area contributed by atoms with Crippen LogP contribution in [0.1, 0.15) is 21.5 Å². The Labute approximate surface area is 147 Å². The monoisotopic (exact) mass is 370 g/mol. The first-order chi connectivity index (χ1) is 11.8. The van der Waals surface area contributed by atoms with Crippen LogP contribution in [0.4, 0.5) is 13.2 Å². The predicted molar refractivity (Wildman–Crippen MR) is 87.1 cm³/mol. The average Bonchev–Trinajstić information content (AvgIpc) is 2.58. The van der Waals surface area contributed by atoms with Crippen molar-refractivity contribution in [3.05, 3.63) is 70.2 Å². The maximum atomic E-state index is 12.6. The molecule has 0 spiro atoms. The molecular formula is C17H14ClF3N2O2. The number of alkyl halides is 3. The van der Waals surface area contributed by atoms with Crippen LogP contribution in [-0.4, -0.2) is 18.4 Å². The van der Waals surface area contributed by atoms with Crippen LogP contribution >= 0.6 is 11.6 Å². The summed E-state index contributed by atoms with van der Waals surface area (Å²) in [6, 6.07) is 11.0. The Balaban J connectivity index is 1.85. The molecule has 0 atom stereocenters. The van der Waals surface area contributed by atoms with Gasteiger partial charge in [0.25, 0.3) is 5.91 Å². The molecule has 0 saturated carbocycles. The zero-order chi connectivity index (χ0) is 18.4. The van der Waals surface area contributed by atoms with E-state index in [1.165, 1.54) is 18.2 Å². The van der Waals surface area contributed by atoms with Crippen molar-refractivity contribution in [1.29, 1.82) is 0 Å². The van der Waals surface area contributed by atoms with Crippen molar-refractivity contribution >= 4 is 23.4 Å². The third-order valence-corrected chi connectivity index (χ3v) is 3.60. The third kappa shape index (κ3) is 5.49. The van der Waals surface area contributed by atoms with Crippen LogP contribution in [0.3, 0.4) is 0 Å². The summed E-state index contributed by atoms with van der Waals surface area (Å²) < 4.78 is 37.9. The van der Waals surface area contributed by atoms with Gasteiger partial charge in [0.2, 0.25) is 5.91 Å². The van der Waals surface area contributed by atoms with E-state index in [9.17, 15) is 22.8 Å². The van der Waals surface area contributed by atoms with Crippen molar-refractivity contribution in [2.24, 2.45) is 0 Å². The van der Waals surface area contributed by atoms with Gasteiger partial charge in [0.1, 0.15) is 0 Å². The smallest absolute Gasteiger partial charge is 0.350 e. The summed E-state index contributed by atoms with van der Waals surface area (Å²) in [5.41, 5.74) is -0.248. The highest BCUT2D eigenvalue weighted by Gasteiger charge is 2.30. The van der Waals surface area contributed by atoms with Crippen LogP contribution in [0.15, 0.2) is 48.5 Å². The second-order valence-electron chi connectivity index (χ2n) is 5.14. The van der Waals surface area contributed by atoms with Gasteiger partial charge in [-0.2, -0.15) is 13.2 Å². The Morgan fingerprint density at radius 2 is 1.72 bits per heavy atom. The van der Waals surface area contributed by atoms with Gasteiger partial charge in [0.15, 0.2) is 0 Å². The molecule has 0 saturated heterocycles. The molecule has 2 aromatic carbocycles. The Hall–Kier alpha value is -2.54. The summed E-state index contributed by atoms with van der Waals surface area (Å²) in [4.78, 5) is 23.6. The number of hydrogen-bond acceptors (Lipinski definition) is 2. The summed E-state index contributed by atoms with van der Waals surface area (Å²) in [5.74, 6) is -1.04. The zero-order valence-corrected chi connectivity index (χ0v) is 13.6. The highest BCUT2D eigenvalue weighted by molar-refractivity contribution is 6.33. The molecule has 2 aromatic rings. The minimum absolute atomic E-state index is 0.0787. The van der Waals surface area contributed by atoms with Gasteiger partial charge in [-0.3, -0.25) is 9.59 Å². The molecule has 0 aliphatic rings. The topological polar surface area (TPSA) is 58.2 Å². The molecule has 2 rings (SSSR count). The standard InChI is InChI=1S/C17H14ClF3N2O2/c18-14-7-2-1-6-13(14)16(25)23-10-15(24)22-9-11-4-3-5-12(8-11)17(19,20)21/h1-8H,9-10H2,(H,22,24)(H,23,25). The SMILES string of the molecule is O=C(CNC(=O)c1ccccc1Cl)NCc1cccc(C(F)(F)F)c1. The first-order valence-corrected chi connectivity index (χ1v) is 7.61. The van der Waals surface area contributed by atoms with E-state index in [0.29, 0.717) is 5.56 Å². The Morgan fingerprint density at radius 1 is 1.00 bits per heavy atom. The van der Waals surface area contributed by atoms with Gasteiger partial charge in [-0.1, -0.05) is 35.9 Å². The average molecular weight is 371 g/mol. The molecule has 0 bridgehead atoms. The second kappa shape index (κ2) is 8.02. The molecule has 132 valence electrons. The largest absolute Gasteiger partial charge is 0.416 e. The van der Waals surface area contributed by atoms with Crippen molar-refractivity contribution < 1.29 is 22.8 Å². The molecule has 0 heterocycles. The molecule has 2 N–H and O–H groups in total. The number of hydrogen-bond donors (Lipinski definition) is 2. The van der Waals surface area contributed by atoms with Crippen LogP contribution in [0.25, 0.3) is 0 Å². The molecule has 8 heteroatoms.